The minimum absolute atomic E-state index is 1.02. The van der Waals surface area contributed by atoms with Crippen LogP contribution in [0.1, 0.15) is 0 Å². The lowest BCUT2D eigenvalue weighted by molar-refractivity contribution is 0.420. The van der Waals surface area contributed by atoms with Crippen LogP contribution in [0.4, 0.5) is 0 Å². The van der Waals surface area contributed by atoms with Crippen LogP contribution in [0.5, 0.6) is 0 Å². The zero-order valence-electron chi connectivity index (χ0n) is 5.30. The molecule has 2 heterocycles. The van der Waals surface area contributed by atoms with Crippen LogP contribution >= 0.6 is 0 Å². The predicted octanol–water partition coefficient (Wildman–Crippen LogP) is 0.303. The van der Waals surface area contributed by atoms with Crippen molar-refractivity contribution in [2.75, 3.05) is 19.8 Å². The summed E-state index contributed by atoms with van der Waals surface area (Å²) in [5.74, 6) is 0. The lowest BCUT2D eigenvalue weighted by atomic mass is 10.3. The predicted molar refractivity (Wildman–Crippen MR) is 36.8 cm³/mol. The summed E-state index contributed by atoms with van der Waals surface area (Å²) in [7, 11) is 0. The molecule has 0 aromatic heterocycles. The van der Waals surface area contributed by atoms with Gasteiger partial charge in [0.15, 0.2) is 0 Å². The molecule has 2 nitrogen and oxygen atoms in total. The van der Waals surface area contributed by atoms with Gasteiger partial charge in [0.1, 0.15) is 0 Å². The van der Waals surface area contributed by atoms with Crippen molar-refractivity contribution in [3.63, 3.8) is 0 Å². The SMILES string of the molecule is C1=CCN2CNCC2=C1. The second kappa shape index (κ2) is 1.88. The fraction of sp³-hybridized carbons (Fsp3) is 0.429. The summed E-state index contributed by atoms with van der Waals surface area (Å²) in [6, 6.07) is 0. The Morgan fingerprint density at radius 2 is 2.56 bits per heavy atom. The lowest BCUT2D eigenvalue weighted by Crippen LogP contribution is -2.22. The molecule has 1 saturated heterocycles. The molecule has 0 spiro atoms. The Bertz CT molecular complexity index is 170. The van der Waals surface area contributed by atoms with Crippen LogP contribution in [0.15, 0.2) is 23.9 Å². The molecule has 0 amide bonds. The third kappa shape index (κ3) is 0.754. The molecule has 0 saturated carbocycles. The highest BCUT2D eigenvalue weighted by Crippen LogP contribution is 2.11. The molecule has 0 aromatic carbocycles. The standard InChI is InChI=1S/C7H10N2/c1-2-4-9-6-8-5-7(9)3-1/h1-3,8H,4-6H2. The van der Waals surface area contributed by atoms with E-state index in [1.807, 2.05) is 0 Å². The summed E-state index contributed by atoms with van der Waals surface area (Å²) in [5, 5.41) is 3.28. The van der Waals surface area contributed by atoms with Gasteiger partial charge in [-0.1, -0.05) is 12.2 Å². The molecule has 0 aromatic rings. The van der Waals surface area contributed by atoms with Gasteiger partial charge in [0, 0.05) is 18.8 Å². The molecular formula is C7H10N2. The number of allylic oxidation sites excluding steroid dienone is 2. The molecule has 2 aliphatic heterocycles. The van der Waals surface area contributed by atoms with Gasteiger partial charge < -0.3 is 4.90 Å². The quantitative estimate of drug-likeness (QED) is 0.497. The van der Waals surface area contributed by atoms with Gasteiger partial charge >= 0.3 is 0 Å². The van der Waals surface area contributed by atoms with Gasteiger partial charge in [-0.25, -0.2) is 0 Å². The highest BCUT2D eigenvalue weighted by atomic mass is 15.3. The first-order valence-corrected chi connectivity index (χ1v) is 3.28. The lowest BCUT2D eigenvalue weighted by Gasteiger charge is -2.18. The molecule has 1 fully saturated rings. The first-order chi connectivity index (χ1) is 4.47. The number of nitrogens with one attached hydrogen (secondary N) is 1. The first kappa shape index (κ1) is 5.06. The molecule has 9 heavy (non-hydrogen) atoms. The molecule has 0 unspecified atom stereocenters. The molecule has 48 valence electrons. The number of hydrogen-bond donors (Lipinski definition) is 1. The second-order valence-corrected chi connectivity index (χ2v) is 2.39. The third-order valence-corrected chi connectivity index (χ3v) is 1.77. The van der Waals surface area contributed by atoms with Gasteiger partial charge in [0.25, 0.3) is 0 Å². The number of nitrogens with zero attached hydrogens (tertiary/aromatic N) is 1. The number of fused-ring (bicyclic) bond motifs is 1. The van der Waals surface area contributed by atoms with Crippen molar-refractivity contribution in [2.45, 2.75) is 0 Å². The van der Waals surface area contributed by atoms with Crippen molar-refractivity contribution < 1.29 is 0 Å². The minimum atomic E-state index is 1.02. The summed E-state index contributed by atoms with van der Waals surface area (Å²) in [6.07, 6.45) is 6.47. The maximum atomic E-state index is 3.28. The van der Waals surface area contributed by atoms with Crippen LogP contribution in [0.2, 0.25) is 0 Å². The summed E-state index contributed by atoms with van der Waals surface area (Å²) >= 11 is 0. The van der Waals surface area contributed by atoms with E-state index < -0.39 is 0 Å². The van der Waals surface area contributed by atoms with E-state index in [1.165, 1.54) is 5.70 Å². The molecule has 2 aliphatic rings. The van der Waals surface area contributed by atoms with Gasteiger partial charge in [-0.15, -0.1) is 0 Å². The van der Waals surface area contributed by atoms with Crippen molar-refractivity contribution in [3.8, 4) is 0 Å². The fourth-order valence-electron chi connectivity index (χ4n) is 1.25. The van der Waals surface area contributed by atoms with Crippen LogP contribution in [0.3, 0.4) is 0 Å². The zero-order chi connectivity index (χ0) is 6.10. The van der Waals surface area contributed by atoms with Gasteiger partial charge in [-0.2, -0.15) is 0 Å². The Kier molecular flexibility index (Phi) is 1.06. The van der Waals surface area contributed by atoms with E-state index in [0.29, 0.717) is 0 Å². The molecule has 0 bridgehead atoms. The third-order valence-electron chi connectivity index (χ3n) is 1.77. The molecule has 1 N–H and O–H groups in total. The fourth-order valence-corrected chi connectivity index (χ4v) is 1.25. The van der Waals surface area contributed by atoms with Crippen LogP contribution in [0.25, 0.3) is 0 Å². The average molecular weight is 122 g/mol. The summed E-state index contributed by atoms with van der Waals surface area (Å²) in [4.78, 5) is 2.33. The number of rotatable bonds is 0. The Morgan fingerprint density at radius 1 is 1.56 bits per heavy atom. The van der Waals surface area contributed by atoms with Crippen LogP contribution in [-0.2, 0) is 0 Å². The largest absolute Gasteiger partial charge is 0.357 e. The molecule has 2 rings (SSSR count). The smallest absolute Gasteiger partial charge is 0.0686 e. The van der Waals surface area contributed by atoms with Crippen LogP contribution in [0, 0.1) is 0 Å². The van der Waals surface area contributed by atoms with Crippen LogP contribution < -0.4 is 5.32 Å². The van der Waals surface area contributed by atoms with E-state index >= 15 is 0 Å². The van der Waals surface area contributed by atoms with Gasteiger partial charge in [0.05, 0.1) is 6.67 Å². The maximum Gasteiger partial charge on any atom is 0.0686 e. The molecule has 0 radical (unpaired) electrons. The summed E-state index contributed by atoms with van der Waals surface area (Å²) in [6.45, 7) is 3.15. The second-order valence-electron chi connectivity index (χ2n) is 2.39. The van der Waals surface area contributed by atoms with Gasteiger partial charge in [-0.3, -0.25) is 5.32 Å². The average Bonchev–Trinajstić information content (AvgIpc) is 2.33. The van der Waals surface area contributed by atoms with Gasteiger partial charge in [0.2, 0.25) is 0 Å². The maximum absolute atomic E-state index is 3.28. The van der Waals surface area contributed by atoms with Crippen molar-refractivity contribution >= 4 is 0 Å². The Morgan fingerprint density at radius 3 is 3.44 bits per heavy atom. The number of hydrogen-bond acceptors (Lipinski definition) is 2. The van der Waals surface area contributed by atoms with E-state index in [9.17, 15) is 0 Å². The Hall–Kier alpha value is -0.760. The molecule has 0 atom stereocenters. The monoisotopic (exact) mass is 122 g/mol. The highest BCUT2D eigenvalue weighted by Gasteiger charge is 2.14. The van der Waals surface area contributed by atoms with Crippen molar-refractivity contribution in [1.82, 2.24) is 10.2 Å². The first-order valence-electron chi connectivity index (χ1n) is 3.28. The Labute approximate surface area is 54.8 Å². The van der Waals surface area contributed by atoms with Crippen LogP contribution in [-0.4, -0.2) is 24.7 Å². The minimum Gasteiger partial charge on any atom is -0.357 e. The zero-order valence-corrected chi connectivity index (χ0v) is 5.30. The Balaban J connectivity index is 2.23. The normalized spacial score (nSPS) is 24.0. The van der Waals surface area contributed by atoms with Crippen molar-refractivity contribution in [2.24, 2.45) is 0 Å². The summed E-state index contributed by atoms with van der Waals surface area (Å²) in [5.41, 5.74) is 1.43. The molecular weight excluding hydrogens is 112 g/mol. The van der Waals surface area contributed by atoms with E-state index in [0.717, 1.165) is 19.8 Å². The van der Waals surface area contributed by atoms with Crippen molar-refractivity contribution in [1.29, 1.82) is 0 Å². The summed E-state index contributed by atoms with van der Waals surface area (Å²) < 4.78 is 0. The topological polar surface area (TPSA) is 15.3 Å². The van der Waals surface area contributed by atoms with E-state index in [1.54, 1.807) is 0 Å². The molecule has 2 heteroatoms. The van der Waals surface area contributed by atoms with Crippen molar-refractivity contribution in [3.05, 3.63) is 23.9 Å². The highest BCUT2D eigenvalue weighted by molar-refractivity contribution is 5.20. The molecule has 0 aliphatic carbocycles. The van der Waals surface area contributed by atoms with E-state index in [2.05, 4.69) is 28.4 Å². The van der Waals surface area contributed by atoms with Gasteiger partial charge in [-0.05, 0) is 6.08 Å². The van der Waals surface area contributed by atoms with E-state index in [-0.39, 0.29) is 0 Å². The van der Waals surface area contributed by atoms with E-state index in [4.69, 9.17) is 0 Å².